The molecule has 0 saturated heterocycles. The molecule has 0 radical (unpaired) electrons. The Hall–Kier alpha value is -1.68. The van der Waals surface area contributed by atoms with Crippen molar-refractivity contribution in [3.63, 3.8) is 0 Å². The van der Waals surface area contributed by atoms with E-state index in [1.807, 2.05) is 30.3 Å². The zero-order valence-electron chi connectivity index (χ0n) is 7.22. The first-order chi connectivity index (χ1) is 6.43. The third-order valence-electron chi connectivity index (χ3n) is 1.41. The molecule has 1 heterocycles. The first-order valence-electron chi connectivity index (χ1n) is 3.96. The van der Waals surface area contributed by atoms with E-state index in [1.165, 1.54) is 18.2 Å². The average molecular weight is 176 g/mol. The summed E-state index contributed by atoms with van der Waals surface area (Å²) in [5, 5.41) is 5.99. The molecule has 2 aromatic rings. The molecule has 4 nitrogen and oxygen atoms in total. The van der Waals surface area contributed by atoms with Gasteiger partial charge in [0.2, 0.25) is 0 Å². The molecule has 0 aliphatic heterocycles. The molecule has 0 fully saturated rings. The smallest absolute Gasteiger partial charge is 0.137 e. The van der Waals surface area contributed by atoms with Crippen LogP contribution in [0.1, 0.15) is 5.56 Å². The number of hydrogen-bond donors (Lipinski definition) is 2. The quantitative estimate of drug-likeness (QED) is 0.679. The second-order valence-electron chi connectivity index (χ2n) is 2.34. The number of nitrogens with zero attached hydrogens (tertiary/aromatic N) is 2. The van der Waals surface area contributed by atoms with Gasteiger partial charge in [0, 0.05) is 6.54 Å². The van der Waals surface area contributed by atoms with Gasteiger partial charge in [-0.2, -0.15) is 5.10 Å². The topological polar surface area (TPSA) is 67.6 Å². The van der Waals surface area contributed by atoms with E-state index in [9.17, 15) is 0 Å². The summed E-state index contributed by atoms with van der Waals surface area (Å²) < 4.78 is 0. The molecular weight excluding hydrogens is 164 g/mol. The van der Waals surface area contributed by atoms with Crippen molar-refractivity contribution in [2.45, 2.75) is 6.54 Å². The van der Waals surface area contributed by atoms with Crippen molar-refractivity contribution < 1.29 is 0 Å². The van der Waals surface area contributed by atoms with E-state index >= 15 is 0 Å². The van der Waals surface area contributed by atoms with Crippen molar-refractivity contribution in [1.29, 1.82) is 0 Å². The minimum Gasteiger partial charge on any atom is -0.326 e. The summed E-state index contributed by atoms with van der Waals surface area (Å²) in [5.41, 5.74) is 6.54. The molecule has 0 bridgehead atoms. The van der Waals surface area contributed by atoms with Crippen LogP contribution in [-0.4, -0.2) is 15.2 Å². The van der Waals surface area contributed by atoms with Crippen molar-refractivity contribution in [2.24, 2.45) is 5.73 Å². The number of rotatable bonds is 1. The van der Waals surface area contributed by atoms with Crippen LogP contribution in [-0.2, 0) is 6.54 Å². The van der Waals surface area contributed by atoms with E-state index in [1.54, 1.807) is 0 Å². The molecular formula is C9H12N4. The van der Waals surface area contributed by atoms with Gasteiger partial charge in [0.05, 0.1) is 0 Å². The van der Waals surface area contributed by atoms with Crippen LogP contribution in [0, 0.1) is 0 Å². The molecule has 0 aliphatic rings. The van der Waals surface area contributed by atoms with Crippen molar-refractivity contribution in [3.8, 4) is 0 Å². The van der Waals surface area contributed by atoms with Crippen LogP contribution in [0.5, 0.6) is 0 Å². The SMILES string of the molecule is NCc1ccccc1.c1nc[nH]n1. The van der Waals surface area contributed by atoms with Gasteiger partial charge in [0.15, 0.2) is 0 Å². The Morgan fingerprint density at radius 3 is 2.31 bits per heavy atom. The molecule has 1 aromatic carbocycles. The molecule has 0 unspecified atom stereocenters. The van der Waals surface area contributed by atoms with Crippen LogP contribution in [0.25, 0.3) is 0 Å². The summed E-state index contributed by atoms with van der Waals surface area (Å²) in [6, 6.07) is 9.99. The molecule has 68 valence electrons. The van der Waals surface area contributed by atoms with E-state index in [2.05, 4.69) is 15.2 Å². The van der Waals surface area contributed by atoms with Crippen LogP contribution >= 0.6 is 0 Å². The number of nitrogens with one attached hydrogen (secondary N) is 1. The Morgan fingerprint density at radius 1 is 1.23 bits per heavy atom. The summed E-state index contributed by atoms with van der Waals surface area (Å²) in [6.45, 7) is 0.640. The Bertz CT molecular complexity index is 273. The molecule has 13 heavy (non-hydrogen) atoms. The summed E-state index contributed by atoms with van der Waals surface area (Å²) in [7, 11) is 0. The number of benzene rings is 1. The third-order valence-corrected chi connectivity index (χ3v) is 1.41. The molecule has 0 saturated carbocycles. The summed E-state index contributed by atoms with van der Waals surface area (Å²) >= 11 is 0. The fraction of sp³-hybridized carbons (Fsp3) is 0.111. The predicted molar refractivity (Wildman–Crippen MR) is 50.7 cm³/mol. The second kappa shape index (κ2) is 5.91. The Kier molecular flexibility index (Phi) is 4.27. The van der Waals surface area contributed by atoms with Gasteiger partial charge in [-0.15, -0.1) is 0 Å². The van der Waals surface area contributed by atoms with Crippen LogP contribution < -0.4 is 5.73 Å². The number of hydrogen-bond acceptors (Lipinski definition) is 3. The Balaban J connectivity index is 0.000000145. The number of aromatic nitrogens is 3. The van der Waals surface area contributed by atoms with E-state index in [0.717, 1.165) is 0 Å². The van der Waals surface area contributed by atoms with Gasteiger partial charge in [-0.25, -0.2) is 4.98 Å². The predicted octanol–water partition coefficient (Wildman–Crippen LogP) is 0.950. The highest BCUT2D eigenvalue weighted by Gasteiger charge is 1.80. The fourth-order valence-electron chi connectivity index (χ4n) is 0.781. The lowest BCUT2D eigenvalue weighted by molar-refractivity contribution is 1.07. The van der Waals surface area contributed by atoms with Gasteiger partial charge in [-0.3, -0.25) is 5.10 Å². The van der Waals surface area contributed by atoms with Gasteiger partial charge < -0.3 is 5.73 Å². The van der Waals surface area contributed by atoms with Gasteiger partial charge in [0.1, 0.15) is 12.7 Å². The Labute approximate surface area is 76.8 Å². The number of aromatic amines is 1. The number of H-pyrrole nitrogens is 1. The minimum atomic E-state index is 0.640. The lowest BCUT2D eigenvalue weighted by Gasteiger charge is -1.90. The first-order valence-corrected chi connectivity index (χ1v) is 3.96. The zero-order valence-corrected chi connectivity index (χ0v) is 7.22. The van der Waals surface area contributed by atoms with Crippen LogP contribution in [0.15, 0.2) is 43.0 Å². The van der Waals surface area contributed by atoms with Gasteiger partial charge in [-0.05, 0) is 5.56 Å². The van der Waals surface area contributed by atoms with Gasteiger partial charge in [0.25, 0.3) is 0 Å². The summed E-state index contributed by atoms with van der Waals surface area (Å²) in [6.07, 6.45) is 2.96. The maximum Gasteiger partial charge on any atom is 0.137 e. The average Bonchev–Trinajstić information content (AvgIpc) is 2.77. The summed E-state index contributed by atoms with van der Waals surface area (Å²) in [4.78, 5) is 3.56. The van der Waals surface area contributed by atoms with Crippen LogP contribution in [0.3, 0.4) is 0 Å². The monoisotopic (exact) mass is 176 g/mol. The molecule has 0 aliphatic carbocycles. The van der Waals surface area contributed by atoms with E-state index in [-0.39, 0.29) is 0 Å². The van der Waals surface area contributed by atoms with E-state index in [4.69, 9.17) is 5.73 Å². The second-order valence-corrected chi connectivity index (χ2v) is 2.34. The zero-order chi connectivity index (χ0) is 9.36. The maximum absolute atomic E-state index is 5.35. The highest BCUT2D eigenvalue weighted by molar-refractivity contribution is 5.13. The summed E-state index contributed by atoms with van der Waals surface area (Å²) in [5.74, 6) is 0. The normalized spacial score (nSPS) is 8.69. The van der Waals surface area contributed by atoms with Crippen molar-refractivity contribution in [2.75, 3.05) is 0 Å². The van der Waals surface area contributed by atoms with Crippen molar-refractivity contribution in [1.82, 2.24) is 15.2 Å². The van der Waals surface area contributed by atoms with Crippen LogP contribution in [0.2, 0.25) is 0 Å². The standard InChI is InChI=1S/C7H9N.C2H3N3/c8-6-7-4-2-1-3-5-7;1-3-2-5-4-1/h1-5H,6,8H2;1-2H,(H,3,4,5). The van der Waals surface area contributed by atoms with E-state index in [0.29, 0.717) is 6.54 Å². The lowest BCUT2D eigenvalue weighted by atomic mass is 10.2. The third kappa shape index (κ3) is 4.03. The highest BCUT2D eigenvalue weighted by Crippen LogP contribution is 1.94. The van der Waals surface area contributed by atoms with Crippen molar-refractivity contribution in [3.05, 3.63) is 48.5 Å². The fourth-order valence-corrected chi connectivity index (χ4v) is 0.781. The molecule has 0 amide bonds. The lowest BCUT2D eigenvalue weighted by Crippen LogP contribution is -1.94. The van der Waals surface area contributed by atoms with Crippen LogP contribution in [0.4, 0.5) is 0 Å². The van der Waals surface area contributed by atoms with Gasteiger partial charge in [-0.1, -0.05) is 30.3 Å². The van der Waals surface area contributed by atoms with Crippen molar-refractivity contribution >= 4 is 0 Å². The molecule has 0 atom stereocenters. The molecule has 0 spiro atoms. The molecule has 3 N–H and O–H groups in total. The molecule has 1 aromatic heterocycles. The molecule has 4 heteroatoms. The van der Waals surface area contributed by atoms with E-state index < -0.39 is 0 Å². The number of nitrogens with two attached hydrogens (primary N) is 1. The minimum absolute atomic E-state index is 0.640. The first kappa shape index (κ1) is 9.41. The Morgan fingerprint density at radius 2 is 2.00 bits per heavy atom. The van der Waals surface area contributed by atoms with Gasteiger partial charge >= 0.3 is 0 Å². The highest BCUT2D eigenvalue weighted by atomic mass is 15.2. The maximum atomic E-state index is 5.35. The molecule has 2 rings (SSSR count). The largest absolute Gasteiger partial charge is 0.326 e.